The first kappa shape index (κ1) is 50.6. The normalized spacial score (nSPS) is 11.6. The minimum atomic E-state index is 0.725. The molecular formula is C70H78O2. The van der Waals surface area contributed by atoms with Crippen LogP contribution in [-0.2, 0) is 12.8 Å². The van der Waals surface area contributed by atoms with E-state index in [9.17, 15) is 0 Å². The molecule has 370 valence electrons. The molecule has 9 aromatic rings. The summed E-state index contributed by atoms with van der Waals surface area (Å²) < 4.78 is 13.7. The SMILES string of the molecule is CCCCCCCCCCOc1ccc2c(-c3ccc4cc(CCCCCC)ccc4c3)c3cc(Oc4cc(-c5ccc(C)cc5)ccc4C)ccc3c(-c3cccc4c(CCCCCC)cccc34)c2c1. The van der Waals surface area contributed by atoms with Gasteiger partial charge < -0.3 is 9.47 Å². The van der Waals surface area contributed by atoms with Crippen LogP contribution in [0.2, 0.25) is 0 Å². The Morgan fingerprint density at radius 3 is 1.75 bits per heavy atom. The van der Waals surface area contributed by atoms with Crippen molar-refractivity contribution in [1.82, 2.24) is 0 Å². The van der Waals surface area contributed by atoms with Crippen molar-refractivity contribution in [2.24, 2.45) is 0 Å². The monoisotopic (exact) mass is 951 g/mol. The molecule has 2 nitrogen and oxygen atoms in total. The standard InChI is InChI=1S/C70H78O2/c1-6-9-12-15-16-17-18-21-44-71-59-40-42-64-67(48-59)70(63-29-23-27-61-54(25-20-14-11-8-3)26-22-28-62(61)63)65-43-41-60(72-68-47-57(36-32-51(68)5)53-34-30-50(4)31-35-53)49-66(65)69(64)58-39-38-55-45-52(24-19-13-10-7-2)33-37-56(55)46-58/h22-23,26-43,45-49H,6-21,24-25,44H2,1-5H3. The van der Waals surface area contributed by atoms with Gasteiger partial charge in [0.2, 0.25) is 0 Å². The Morgan fingerprint density at radius 2 is 0.972 bits per heavy atom. The fraction of sp³-hybridized carbons (Fsp3) is 0.343. The van der Waals surface area contributed by atoms with E-state index in [-0.39, 0.29) is 0 Å². The van der Waals surface area contributed by atoms with Crippen LogP contribution in [0.25, 0.3) is 76.5 Å². The first-order chi connectivity index (χ1) is 35.4. The van der Waals surface area contributed by atoms with Crippen LogP contribution in [0, 0.1) is 13.8 Å². The number of fused-ring (bicyclic) bond motifs is 4. The Labute approximate surface area is 431 Å². The highest BCUT2D eigenvalue weighted by Crippen LogP contribution is 2.48. The second-order valence-corrected chi connectivity index (χ2v) is 20.8. The molecule has 0 heterocycles. The van der Waals surface area contributed by atoms with Crippen LogP contribution < -0.4 is 9.47 Å². The molecule has 0 aromatic heterocycles. The van der Waals surface area contributed by atoms with E-state index in [0.717, 1.165) is 54.2 Å². The van der Waals surface area contributed by atoms with Crippen molar-refractivity contribution in [3.05, 3.63) is 174 Å². The van der Waals surface area contributed by atoms with Crippen molar-refractivity contribution in [2.75, 3.05) is 6.61 Å². The number of benzene rings is 9. The molecule has 0 spiro atoms. The van der Waals surface area contributed by atoms with Crippen LogP contribution in [0.1, 0.15) is 146 Å². The van der Waals surface area contributed by atoms with Crippen molar-refractivity contribution in [3.8, 4) is 50.6 Å². The lowest BCUT2D eigenvalue weighted by Gasteiger charge is -2.21. The third-order valence-corrected chi connectivity index (χ3v) is 15.2. The maximum Gasteiger partial charge on any atom is 0.130 e. The Bertz CT molecular complexity index is 3230. The molecular weight excluding hydrogens is 873 g/mol. The summed E-state index contributed by atoms with van der Waals surface area (Å²) in [6, 6.07) is 57.3. The smallest absolute Gasteiger partial charge is 0.130 e. The molecule has 9 rings (SSSR count). The van der Waals surface area contributed by atoms with Crippen LogP contribution in [-0.4, -0.2) is 6.61 Å². The van der Waals surface area contributed by atoms with Gasteiger partial charge in [0.05, 0.1) is 6.61 Å². The highest BCUT2D eigenvalue weighted by molar-refractivity contribution is 6.24. The molecule has 0 radical (unpaired) electrons. The summed E-state index contributed by atoms with van der Waals surface area (Å²) in [6.07, 6.45) is 22.5. The minimum Gasteiger partial charge on any atom is -0.494 e. The molecule has 0 amide bonds. The molecule has 0 aliphatic rings. The van der Waals surface area contributed by atoms with Gasteiger partial charge in [0.25, 0.3) is 0 Å². The molecule has 0 N–H and O–H groups in total. The lowest BCUT2D eigenvalue weighted by Crippen LogP contribution is -1.98. The van der Waals surface area contributed by atoms with Crippen LogP contribution in [0.15, 0.2) is 152 Å². The molecule has 0 atom stereocenters. The van der Waals surface area contributed by atoms with Gasteiger partial charge in [-0.1, -0.05) is 225 Å². The fourth-order valence-electron chi connectivity index (χ4n) is 11.0. The average molecular weight is 951 g/mol. The second-order valence-electron chi connectivity index (χ2n) is 20.8. The lowest BCUT2D eigenvalue weighted by atomic mass is 9.83. The van der Waals surface area contributed by atoms with Crippen LogP contribution >= 0.6 is 0 Å². The Kier molecular flexibility index (Phi) is 17.4. The Hall–Kier alpha value is -6.38. The molecule has 0 saturated carbocycles. The highest BCUT2D eigenvalue weighted by atomic mass is 16.5. The third-order valence-electron chi connectivity index (χ3n) is 15.2. The number of ether oxygens (including phenoxy) is 2. The lowest BCUT2D eigenvalue weighted by molar-refractivity contribution is 0.304. The van der Waals surface area contributed by atoms with Gasteiger partial charge >= 0.3 is 0 Å². The molecule has 0 bridgehead atoms. The van der Waals surface area contributed by atoms with Crippen LogP contribution in [0.4, 0.5) is 0 Å². The zero-order valence-corrected chi connectivity index (χ0v) is 44.2. The van der Waals surface area contributed by atoms with Gasteiger partial charge in [-0.05, 0) is 176 Å². The summed E-state index contributed by atoms with van der Waals surface area (Å²) in [5.41, 5.74) is 12.5. The van der Waals surface area contributed by atoms with Crippen LogP contribution in [0.3, 0.4) is 0 Å². The molecule has 0 fully saturated rings. The largest absolute Gasteiger partial charge is 0.494 e. The summed E-state index contributed by atoms with van der Waals surface area (Å²) in [5.74, 6) is 2.62. The summed E-state index contributed by atoms with van der Waals surface area (Å²) in [5, 5.41) is 10.0. The molecule has 72 heavy (non-hydrogen) atoms. The topological polar surface area (TPSA) is 18.5 Å². The van der Waals surface area contributed by atoms with E-state index in [0.29, 0.717) is 0 Å². The van der Waals surface area contributed by atoms with E-state index >= 15 is 0 Å². The molecule has 9 aromatic carbocycles. The highest BCUT2D eigenvalue weighted by Gasteiger charge is 2.21. The van der Waals surface area contributed by atoms with E-state index in [1.165, 1.54) is 184 Å². The van der Waals surface area contributed by atoms with E-state index in [1.54, 1.807) is 0 Å². The number of aryl methyl sites for hydroxylation is 4. The average Bonchev–Trinajstić information content (AvgIpc) is 3.40. The van der Waals surface area contributed by atoms with Gasteiger partial charge in [-0.15, -0.1) is 0 Å². The zero-order chi connectivity index (χ0) is 49.7. The summed E-state index contributed by atoms with van der Waals surface area (Å²) in [6.45, 7) is 11.9. The van der Waals surface area contributed by atoms with Crippen molar-refractivity contribution >= 4 is 43.1 Å². The Morgan fingerprint density at radius 1 is 0.375 bits per heavy atom. The molecule has 2 heteroatoms. The minimum absolute atomic E-state index is 0.725. The predicted molar refractivity (Wildman–Crippen MR) is 313 cm³/mol. The third kappa shape index (κ3) is 12.1. The molecule has 0 aliphatic carbocycles. The first-order valence-electron chi connectivity index (χ1n) is 28.0. The van der Waals surface area contributed by atoms with Gasteiger partial charge in [-0.25, -0.2) is 0 Å². The number of rotatable bonds is 25. The molecule has 0 aliphatic heterocycles. The van der Waals surface area contributed by atoms with Gasteiger partial charge in [0, 0.05) is 0 Å². The second kappa shape index (κ2) is 24.8. The van der Waals surface area contributed by atoms with E-state index < -0.39 is 0 Å². The number of hydrogen-bond donors (Lipinski definition) is 0. The quantitative estimate of drug-likeness (QED) is 0.0420. The van der Waals surface area contributed by atoms with Crippen molar-refractivity contribution < 1.29 is 9.47 Å². The predicted octanol–water partition coefficient (Wildman–Crippen LogP) is 21.5. The maximum atomic E-state index is 7.02. The fourth-order valence-corrected chi connectivity index (χ4v) is 11.0. The van der Waals surface area contributed by atoms with E-state index in [4.69, 9.17) is 9.47 Å². The Balaban J connectivity index is 1.20. The van der Waals surface area contributed by atoms with E-state index in [1.807, 2.05) is 0 Å². The van der Waals surface area contributed by atoms with E-state index in [2.05, 4.69) is 186 Å². The summed E-state index contributed by atoms with van der Waals surface area (Å²) in [7, 11) is 0. The van der Waals surface area contributed by atoms with Gasteiger partial charge in [0.1, 0.15) is 17.2 Å². The van der Waals surface area contributed by atoms with Crippen molar-refractivity contribution in [2.45, 2.75) is 150 Å². The van der Waals surface area contributed by atoms with Crippen molar-refractivity contribution in [3.63, 3.8) is 0 Å². The number of hydrogen-bond acceptors (Lipinski definition) is 2. The number of unbranched alkanes of at least 4 members (excludes halogenated alkanes) is 13. The van der Waals surface area contributed by atoms with Gasteiger partial charge in [-0.2, -0.15) is 0 Å². The zero-order valence-electron chi connectivity index (χ0n) is 44.2. The summed E-state index contributed by atoms with van der Waals surface area (Å²) in [4.78, 5) is 0. The van der Waals surface area contributed by atoms with Gasteiger partial charge in [-0.3, -0.25) is 0 Å². The van der Waals surface area contributed by atoms with Crippen LogP contribution in [0.5, 0.6) is 17.2 Å². The molecule has 0 unspecified atom stereocenters. The molecule has 0 saturated heterocycles. The first-order valence-corrected chi connectivity index (χ1v) is 28.0. The van der Waals surface area contributed by atoms with Crippen molar-refractivity contribution in [1.29, 1.82) is 0 Å². The maximum absolute atomic E-state index is 7.02. The van der Waals surface area contributed by atoms with Gasteiger partial charge in [0.15, 0.2) is 0 Å². The summed E-state index contributed by atoms with van der Waals surface area (Å²) >= 11 is 0.